The van der Waals surface area contributed by atoms with E-state index in [4.69, 9.17) is 9.47 Å². The fraction of sp³-hybridized carbons (Fsp3) is 0.316. The van der Waals surface area contributed by atoms with Crippen LogP contribution < -0.4 is 4.74 Å². The minimum atomic E-state index is -4.46. The van der Waals surface area contributed by atoms with E-state index >= 15 is 0 Å². The molecule has 0 saturated carbocycles. The average Bonchev–Trinajstić information content (AvgIpc) is 2.67. The molecule has 1 heterocycles. The van der Waals surface area contributed by atoms with Crippen molar-refractivity contribution in [3.8, 4) is 11.5 Å². The third-order valence-electron chi connectivity index (χ3n) is 4.11. The molecule has 1 atom stereocenters. The molecule has 0 radical (unpaired) electrons. The van der Waals surface area contributed by atoms with Gasteiger partial charge in [-0.1, -0.05) is 12.1 Å². The molecule has 1 fully saturated rings. The zero-order chi connectivity index (χ0) is 19.4. The number of carbonyl (C=O) groups is 1. The van der Waals surface area contributed by atoms with Gasteiger partial charge in [0, 0.05) is 18.7 Å². The van der Waals surface area contributed by atoms with E-state index in [-0.39, 0.29) is 30.6 Å². The summed E-state index contributed by atoms with van der Waals surface area (Å²) in [7, 11) is 0. The number of aliphatic hydroxyl groups excluding tert-OH is 1. The van der Waals surface area contributed by atoms with Crippen LogP contribution in [0.1, 0.15) is 15.9 Å². The Kier molecular flexibility index (Phi) is 5.67. The van der Waals surface area contributed by atoms with E-state index in [1.54, 1.807) is 23.1 Å². The van der Waals surface area contributed by atoms with Crippen molar-refractivity contribution in [1.29, 1.82) is 0 Å². The fourth-order valence-corrected chi connectivity index (χ4v) is 2.76. The van der Waals surface area contributed by atoms with E-state index < -0.39 is 17.8 Å². The summed E-state index contributed by atoms with van der Waals surface area (Å²) in [5.41, 5.74) is -0.464. The van der Waals surface area contributed by atoms with Gasteiger partial charge in [-0.3, -0.25) is 4.79 Å². The van der Waals surface area contributed by atoms with Crippen LogP contribution in [-0.2, 0) is 10.9 Å². The van der Waals surface area contributed by atoms with Gasteiger partial charge in [0.1, 0.15) is 11.5 Å². The Morgan fingerprint density at radius 2 is 1.89 bits per heavy atom. The first kappa shape index (κ1) is 19.2. The second kappa shape index (κ2) is 7.98. The zero-order valence-corrected chi connectivity index (χ0v) is 14.3. The number of hydrogen-bond acceptors (Lipinski definition) is 4. The standard InChI is InChI=1S/C19H18F3NO4/c20-19(21,22)14-4-2-6-16(10-14)27-15-5-1-3-13(9-15)18(25)23-7-8-26-17(11-23)12-24/h1-6,9-10,17,24H,7-8,11-12H2/t17-/m1/s1. The lowest BCUT2D eigenvalue weighted by Gasteiger charge is -2.32. The summed E-state index contributed by atoms with van der Waals surface area (Å²) in [6.45, 7) is 0.821. The van der Waals surface area contributed by atoms with Crippen molar-refractivity contribution in [1.82, 2.24) is 4.90 Å². The number of benzene rings is 2. The molecular weight excluding hydrogens is 363 g/mol. The van der Waals surface area contributed by atoms with Gasteiger partial charge in [0.05, 0.1) is 24.9 Å². The maximum Gasteiger partial charge on any atom is 0.416 e. The van der Waals surface area contributed by atoms with Crippen molar-refractivity contribution in [2.24, 2.45) is 0 Å². The number of morpholine rings is 1. The summed E-state index contributed by atoms with van der Waals surface area (Å²) in [6.07, 6.45) is -4.89. The largest absolute Gasteiger partial charge is 0.457 e. The van der Waals surface area contributed by atoms with Gasteiger partial charge < -0.3 is 19.5 Å². The molecule has 1 amide bonds. The van der Waals surface area contributed by atoms with E-state index in [0.717, 1.165) is 12.1 Å². The molecule has 1 aliphatic rings. The van der Waals surface area contributed by atoms with Crippen LogP contribution in [-0.4, -0.2) is 48.3 Å². The summed E-state index contributed by atoms with van der Waals surface area (Å²) in [5.74, 6) is 0.0273. The molecule has 5 nitrogen and oxygen atoms in total. The second-order valence-electron chi connectivity index (χ2n) is 6.08. The predicted molar refractivity (Wildman–Crippen MR) is 90.7 cm³/mol. The highest BCUT2D eigenvalue weighted by Crippen LogP contribution is 2.32. The summed E-state index contributed by atoms with van der Waals surface area (Å²) in [6, 6.07) is 10.8. The Hall–Kier alpha value is -2.58. The first-order valence-corrected chi connectivity index (χ1v) is 8.34. The molecular formula is C19H18F3NO4. The smallest absolute Gasteiger partial charge is 0.416 e. The molecule has 1 saturated heterocycles. The van der Waals surface area contributed by atoms with Crippen LogP contribution in [0.5, 0.6) is 11.5 Å². The SMILES string of the molecule is O=C(c1cccc(Oc2cccc(C(F)(F)F)c2)c1)N1CCO[C@@H](CO)C1. The van der Waals surface area contributed by atoms with Crippen molar-refractivity contribution in [2.45, 2.75) is 12.3 Å². The van der Waals surface area contributed by atoms with Crippen LogP contribution in [0, 0.1) is 0 Å². The average molecular weight is 381 g/mol. The van der Waals surface area contributed by atoms with Crippen molar-refractivity contribution in [3.63, 3.8) is 0 Å². The van der Waals surface area contributed by atoms with Gasteiger partial charge in [0.15, 0.2) is 0 Å². The molecule has 144 valence electrons. The highest BCUT2D eigenvalue weighted by Gasteiger charge is 2.30. The number of halogens is 3. The third kappa shape index (κ3) is 4.78. The highest BCUT2D eigenvalue weighted by atomic mass is 19.4. The number of aliphatic hydroxyl groups is 1. The van der Waals surface area contributed by atoms with Crippen LogP contribution in [0.15, 0.2) is 48.5 Å². The normalized spacial score (nSPS) is 17.6. The highest BCUT2D eigenvalue weighted by molar-refractivity contribution is 5.94. The van der Waals surface area contributed by atoms with E-state index in [1.807, 2.05) is 0 Å². The number of alkyl halides is 3. The van der Waals surface area contributed by atoms with Crippen LogP contribution in [0.3, 0.4) is 0 Å². The minimum absolute atomic E-state index is 0.0288. The van der Waals surface area contributed by atoms with Crippen LogP contribution >= 0.6 is 0 Å². The molecule has 0 aliphatic carbocycles. The number of nitrogens with zero attached hydrogens (tertiary/aromatic N) is 1. The molecule has 8 heteroatoms. The maximum absolute atomic E-state index is 12.8. The van der Waals surface area contributed by atoms with Crippen molar-refractivity contribution in [3.05, 3.63) is 59.7 Å². The first-order chi connectivity index (χ1) is 12.9. The third-order valence-corrected chi connectivity index (χ3v) is 4.11. The Bertz CT molecular complexity index is 810. The van der Waals surface area contributed by atoms with Gasteiger partial charge in [-0.15, -0.1) is 0 Å². The molecule has 2 aromatic rings. The van der Waals surface area contributed by atoms with Gasteiger partial charge >= 0.3 is 6.18 Å². The number of ether oxygens (including phenoxy) is 2. The van der Waals surface area contributed by atoms with Gasteiger partial charge in [0.25, 0.3) is 5.91 Å². The van der Waals surface area contributed by atoms with Crippen LogP contribution in [0.4, 0.5) is 13.2 Å². The molecule has 1 aliphatic heterocycles. The molecule has 1 N–H and O–H groups in total. The lowest BCUT2D eigenvalue weighted by molar-refractivity contribution is -0.137. The summed E-state index contributed by atoms with van der Waals surface area (Å²) in [5, 5.41) is 9.19. The molecule has 0 spiro atoms. The maximum atomic E-state index is 12.8. The van der Waals surface area contributed by atoms with E-state index in [2.05, 4.69) is 0 Å². The number of rotatable bonds is 4. The number of carbonyl (C=O) groups excluding carboxylic acids is 1. The number of hydrogen-bond donors (Lipinski definition) is 1. The van der Waals surface area contributed by atoms with Crippen molar-refractivity contribution in [2.75, 3.05) is 26.3 Å². The quantitative estimate of drug-likeness (QED) is 0.883. The fourth-order valence-electron chi connectivity index (χ4n) is 2.76. The molecule has 27 heavy (non-hydrogen) atoms. The molecule has 0 unspecified atom stereocenters. The van der Waals surface area contributed by atoms with Gasteiger partial charge in [-0.25, -0.2) is 0 Å². The molecule has 2 aromatic carbocycles. The van der Waals surface area contributed by atoms with Crippen molar-refractivity contribution >= 4 is 5.91 Å². The summed E-state index contributed by atoms with van der Waals surface area (Å²) >= 11 is 0. The monoisotopic (exact) mass is 381 g/mol. The molecule has 0 bridgehead atoms. The Balaban J connectivity index is 1.75. The van der Waals surface area contributed by atoms with Gasteiger partial charge in [0.2, 0.25) is 0 Å². The molecule has 0 aromatic heterocycles. The Morgan fingerprint density at radius 3 is 2.59 bits per heavy atom. The predicted octanol–water partition coefficient (Wildman–Crippen LogP) is 3.33. The second-order valence-corrected chi connectivity index (χ2v) is 6.08. The lowest BCUT2D eigenvalue weighted by Crippen LogP contribution is -2.46. The summed E-state index contributed by atoms with van der Waals surface area (Å²) in [4.78, 5) is 14.2. The van der Waals surface area contributed by atoms with Gasteiger partial charge in [-0.05, 0) is 36.4 Å². The first-order valence-electron chi connectivity index (χ1n) is 8.34. The van der Waals surface area contributed by atoms with E-state index in [0.29, 0.717) is 18.7 Å². The summed E-state index contributed by atoms with van der Waals surface area (Å²) < 4.78 is 49.3. The lowest BCUT2D eigenvalue weighted by atomic mass is 10.1. The zero-order valence-electron chi connectivity index (χ0n) is 14.3. The Labute approximate surface area is 153 Å². The van der Waals surface area contributed by atoms with Crippen molar-refractivity contribution < 1.29 is 32.5 Å². The van der Waals surface area contributed by atoms with Gasteiger partial charge in [-0.2, -0.15) is 13.2 Å². The van der Waals surface area contributed by atoms with E-state index in [9.17, 15) is 23.1 Å². The molecule has 3 rings (SSSR count). The topological polar surface area (TPSA) is 59.0 Å². The van der Waals surface area contributed by atoms with Crippen LogP contribution in [0.25, 0.3) is 0 Å². The number of amides is 1. The Morgan fingerprint density at radius 1 is 1.19 bits per heavy atom. The van der Waals surface area contributed by atoms with E-state index in [1.165, 1.54) is 18.2 Å². The van der Waals surface area contributed by atoms with Crippen LogP contribution in [0.2, 0.25) is 0 Å². The minimum Gasteiger partial charge on any atom is -0.457 e.